The Hall–Kier alpha value is -2.28. The number of carbonyl (C=O) groups excluding carboxylic acids is 1. The zero-order chi connectivity index (χ0) is 18.6. The van der Waals surface area contributed by atoms with Crippen molar-refractivity contribution >= 4 is 11.9 Å². The Balaban J connectivity index is 1.63. The van der Waals surface area contributed by atoms with Crippen LogP contribution in [-0.4, -0.2) is 64.4 Å². The third-order valence-electron chi connectivity index (χ3n) is 5.26. The van der Waals surface area contributed by atoms with Gasteiger partial charge in [0.05, 0.1) is 20.8 Å². The molecule has 0 amide bonds. The van der Waals surface area contributed by atoms with E-state index in [0.717, 1.165) is 50.7 Å². The van der Waals surface area contributed by atoms with Gasteiger partial charge in [0.15, 0.2) is 5.96 Å². The maximum atomic E-state index is 11.8. The van der Waals surface area contributed by atoms with Crippen molar-refractivity contribution < 1.29 is 19.0 Å². The quantitative estimate of drug-likeness (QED) is 0.500. The third kappa shape index (κ3) is 3.77. The van der Waals surface area contributed by atoms with Gasteiger partial charge in [0.2, 0.25) is 0 Å². The molecule has 1 spiro atoms. The molecule has 1 N–H and O–H groups in total. The highest BCUT2D eigenvalue weighted by atomic mass is 16.5. The molecule has 7 nitrogen and oxygen atoms in total. The lowest BCUT2D eigenvalue weighted by Gasteiger charge is -2.25. The smallest absolute Gasteiger partial charge is 0.341 e. The maximum absolute atomic E-state index is 11.8. The molecular weight excluding hydrogens is 334 g/mol. The van der Waals surface area contributed by atoms with Crippen molar-refractivity contribution in [2.24, 2.45) is 10.4 Å². The van der Waals surface area contributed by atoms with Crippen molar-refractivity contribution in [2.75, 3.05) is 47.6 Å². The number of aliphatic imine (C=N–C) groups is 1. The van der Waals surface area contributed by atoms with Crippen LogP contribution in [0.5, 0.6) is 5.75 Å². The minimum atomic E-state index is -0.404. The normalized spacial score (nSPS) is 22.7. The molecule has 2 heterocycles. The fourth-order valence-electron chi connectivity index (χ4n) is 3.72. The highest BCUT2D eigenvalue weighted by Gasteiger charge is 2.42. The van der Waals surface area contributed by atoms with Gasteiger partial charge in [-0.25, -0.2) is 4.79 Å². The number of carbonyl (C=O) groups is 1. The van der Waals surface area contributed by atoms with Gasteiger partial charge in [-0.3, -0.25) is 4.99 Å². The SMILES string of the molecule is CN=C(NCc1ccc(C(=O)OC)c(OC)c1)N1CCC2(CCOC2)C1. The molecule has 1 atom stereocenters. The molecule has 2 aliphatic heterocycles. The third-order valence-corrected chi connectivity index (χ3v) is 5.26. The molecule has 0 bridgehead atoms. The van der Waals surface area contributed by atoms with Gasteiger partial charge in [0.25, 0.3) is 0 Å². The highest BCUT2D eigenvalue weighted by Crippen LogP contribution is 2.38. The van der Waals surface area contributed by atoms with Crippen LogP contribution in [0.15, 0.2) is 23.2 Å². The lowest BCUT2D eigenvalue weighted by atomic mass is 9.87. The highest BCUT2D eigenvalue weighted by molar-refractivity contribution is 5.92. The lowest BCUT2D eigenvalue weighted by molar-refractivity contribution is 0.0597. The zero-order valence-corrected chi connectivity index (χ0v) is 15.7. The van der Waals surface area contributed by atoms with E-state index in [1.165, 1.54) is 7.11 Å². The van der Waals surface area contributed by atoms with Gasteiger partial charge in [0, 0.05) is 38.7 Å². The summed E-state index contributed by atoms with van der Waals surface area (Å²) in [6, 6.07) is 5.47. The Kier molecular flexibility index (Phi) is 5.66. The second kappa shape index (κ2) is 7.95. The summed E-state index contributed by atoms with van der Waals surface area (Å²) in [5.74, 6) is 0.998. The number of esters is 1. The Morgan fingerprint density at radius 3 is 2.88 bits per heavy atom. The van der Waals surface area contributed by atoms with Crippen molar-refractivity contribution in [1.29, 1.82) is 0 Å². The number of hydrogen-bond donors (Lipinski definition) is 1. The van der Waals surface area contributed by atoms with E-state index >= 15 is 0 Å². The van der Waals surface area contributed by atoms with Crippen LogP contribution in [0, 0.1) is 5.41 Å². The first-order chi connectivity index (χ1) is 12.6. The van der Waals surface area contributed by atoms with E-state index in [0.29, 0.717) is 23.3 Å². The van der Waals surface area contributed by atoms with Crippen LogP contribution in [0.25, 0.3) is 0 Å². The fourth-order valence-corrected chi connectivity index (χ4v) is 3.72. The first kappa shape index (κ1) is 18.5. The minimum Gasteiger partial charge on any atom is -0.496 e. The first-order valence-electron chi connectivity index (χ1n) is 8.89. The molecule has 0 aliphatic carbocycles. The number of hydrogen-bond acceptors (Lipinski definition) is 5. The Labute approximate surface area is 154 Å². The van der Waals surface area contributed by atoms with E-state index in [9.17, 15) is 4.79 Å². The van der Waals surface area contributed by atoms with Gasteiger partial charge >= 0.3 is 5.97 Å². The van der Waals surface area contributed by atoms with Crippen molar-refractivity contribution in [1.82, 2.24) is 10.2 Å². The topological polar surface area (TPSA) is 72.4 Å². The minimum absolute atomic E-state index is 0.295. The second-order valence-corrected chi connectivity index (χ2v) is 6.90. The van der Waals surface area contributed by atoms with Crippen molar-refractivity contribution in [3.63, 3.8) is 0 Å². The molecule has 0 radical (unpaired) electrons. The summed E-state index contributed by atoms with van der Waals surface area (Å²) >= 11 is 0. The van der Waals surface area contributed by atoms with E-state index in [2.05, 4.69) is 15.2 Å². The molecule has 7 heteroatoms. The van der Waals surface area contributed by atoms with Gasteiger partial charge in [0.1, 0.15) is 11.3 Å². The summed E-state index contributed by atoms with van der Waals surface area (Å²) in [6.45, 7) is 4.30. The number of ether oxygens (including phenoxy) is 3. The summed E-state index contributed by atoms with van der Waals surface area (Å²) in [7, 11) is 4.71. The van der Waals surface area contributed by atoms with Crippen LogP contribution in [-0.2, 0) is 16.0 Å². The van der Waals surface area contributed by atoms with Crippen LogP contribution < -0.4 is 10.1 Å². The average Bonchev–Trinajstić information content (AvgIpc) is 3.31. The summed E-state index contributed by atoms with van der Waals surface area (Å²) in [5.41, 5.74) is 1.72. The molecule has 1 unspecified atom stereocenters. The standard InChI is InChI=1S/C19H27N3O4/c1-20-18(22-8-6-19(12-22)7-9-26-13-19)21-11-14-4-5-15(17(23)25-3)16(10-14)24-2/h4-5,10H,6-9,11-13H2,1-3H3,(H,20,21). The Morgan fingerprint density at radius 2 is 2.23 bits per heavy atom. The van der Waals surface area contributed by atoms with Gasteiger partial charge < -0.3 is 24.4 Å². The fraction of sp³-hybridized carbons (Fsp3) is 0.579. The molecule has 1 aromatic carbocycles. The molecule has 2 aliphatic rings. The van der Waals surface area contributed by atoms with E-state index in [-0.39, 0.29) is 0 Å². The number of nitrogens with one attached hydrogen (secondary N) is 1. The number of methoxy groups -OCH3 is 2. The first-order valence-corrected chi connectivity index (χ1v) is 8.89. The van der Waals surface area contributed by atoms with E-state index in [1.54, 1.807) is 20.2 Å². The summed E-state index contributed by atoms with van der Waals surface area (Å²) in [5, 5.41) is 3.41. The molecule has 26 heavy (non-hydrogen) atoms. The van der Waals surface area contributed by atoms with Gasteiger partial charge in [-0.15, -0.1) is 0 Å². The largest absolute Gasteiger partial charge is 0.496 e. The monoisotopic (exact) mass is 361 g/mol. The van der Waals surface area contributed by atoms with Crippen molar-refractivity contribution in [3.05, 3.63) is 29.3 Å². The van der Waals surface area contributed by atoms with Crippen LogP contribution in [0.4, 0.5) is 0 Å². The molecule has 0 saturated carbocycles. The Bertz CT molecular complexity index is 683. The molecule has 142 valence electrons. The number of guanidine groups is 1. The van der Waals surface area contributed by atoms with E-state index in [4.69, 9.17) is 14.2 Å². The average molecular weight is 361 g/mol. The van der Waals surface area contributed by atoms with E-state index < -0.39 is 5.97 Å². The zero-order valence-electron chi connectivity index (χ0n) is 15.7. The molecule has 2 fully saturated rings. The number of nitrogens with zero attached hydrogens (tertiary/aromatic N) is 2. The molecular formula is C19H27N3O4. The predicted molar refractivity (Wildman–Crippen MR) is 98.6 cm³/mol. The molecule has 3 rings (SSSR count). The van der Waals surface area contributed by atoms with Crippen molar-refractivity contribution in [2.45, 2.75) is 19.4 Å². The van der Waals surface area contributed by atoms with Crippen LogP contribution in [0.3, 0.4) is 0 Å². The van der Waals surface area contributed by atoms with Crippen molar-refractivity contribution in [3.8, 4) is 5.75 Å². The predicted octanol–water partition coefficient (Wildman–Crippen LogP) is 1.67. The molecule has 1 aromatic rings. The molecule has 2 saturated heterocycles. The number of benzene rings is 1. The summed E-state index contributed by atoms with van der Waals surface area (Å²) < 4.78 is 15.7. The summed E-state index contributed by atoms with van der Waals surface area (Å²) in [6.07, 6.45) is 2.28. The van der Waals surface area contributed by atoms with E-state index in [1.807, 2.05) is 12.1 Å². The summed E-state index contributed by atoms with van der Waals surface area (Å²) in [4.78, 5) is 18.5. The van der Waals surface area contributed by atoms with Gasteiger partial charge in [-0.2, -0.15) is 0 Å². The maximum Gasteiger partial charge on any atom is 0.341 e. The number of rotatable bonds is 4. The van der Waals surface area contributed by atoms with Crippen LogP contribution >= 0.6 is 0 Å². The van der Waals surface area contributed by atoms with Crippen LogP contribution in [0.1, 0.15) is 28.8 Å². The second-order valence-electron chi connectivity index (χ2n) is 6.90. The lowest BCUT2D eigenvalue weighted by Crippen LogP contribution is -2.41. The van der Waals surface area contributed by atoms with Crippen LogP contribution in [0.2, 0.25) is 0 Å². The molecule has 0 aromatic heterocycles. The van der Waals surface area contributed by atoms with Gasteiger partial charge in [-0.05, 0) is 30.5 Å². The van der Waals surface area contributed by atoms with Gasteiger partial charge in [-0.1, -0.05) is 6.07 Å². The Morgan fingerprint density at radius 1 is 1.38 bits per heavy atom. The number of likely N-dealkylation sites (tertiary alicyclic amines) is 1.